The summed E-state index contributed by atoms with van der Waals surface area (Å²) in [7, 11) is 0. The van der Waals surface area contributed by atoms with E-state index in [2.05, 4.69) is 10.3 Å². The Bertz CT molecular complexity index is 828. The number of carboxylic acid groups (broad SMARTS) is 1. The molecule has 1 aromatic carbocycles. The zero-order valence-corrected chi connectivity index (χ0v) is 14.6. The third kappa shape index (κ3) is 4.31. The summed E-state index contributed by atoms with van der Waals surface area (Å²) >= 11 is 0. The minimum Gasteiger partial charge on any atom is -0.478 e. The molecule has 1 aliphatic rings. The summed E-state index contributed by atoms with van der Waals surface area (Å²) in [5.74, 6) is 6.66. The van der Waals surface area contributed by atoms with E-state index in [1.54, 1.807) is 24.5 Å². The van der Waals surface area contributed by atoms with Crippen LogP contribution in [0.2, 0.25) is 0 Å². The molecule has 0 atom stereocenters. The smallest absolute Gasteiger partial charge is 0.335 e. The molecule has 0 amide bonds. The Kier molecular flexibility index (Phi) is 5.09. The first kappa shape index (κ1) is 17.8. The first-order valence-electron chi connectivity index (χ1n) is 8.49. The van der Waals surface area contributed by atoms with Gasteiger partial charge in [0.05, 0.1) is 16.9 Å². The molecule has 1 aromatic heterocycles. The number of anilines is 2. The average Bonchev–Trinajstić information content (AvgIpc) is 3.44. The van der Waals surface area contributed by atoms with Crippen molar-refractivity contribution in [3.63, 3.8) is 0 Å². The summed E-state index contributed by atoms with van der Waals surface area (Å²) in [5.41, 5.74) is 8.89. The van der Waals surface area contributed by atoms with Crippen LogP contribution < -0.4 is 21.9 Å². The molecule has 0 unspecified atom stereocenters. The van der Waals surface area contributed by atoms with E-state index in [4.69, 9.17) is 16.7 Å². The van der Waals surface area contributed by atoms with Gasteiger partial charge in [0.2, 0.25) is 0 Å². The van der Waals surface area contributed by atoms with E-state index in [1.165, 1.54) is 23.9 Å². The lowest BCUT2D eigenvalue weighted by Gasteiger charge is -2.18. The predicted molar refractivity (Wildman–Crippen MR) is 102 cm³/mol. The van der Waals surface area contributed by atoms with Gasteiger partial charge in [0.15, 0.2) is 0 Å². The Labute approximate surface area is 152 Å². The standard InChI is InChI=1S/C19H23N5O2/c1-12-2-5-14(19(25)26)8-17(12)24(21)11-16(20)15-6-7-18(23-10-15)22-9-13-3-4-13/h2,5-8,10-11,13H,3-4,9,20-21H2,1H3,(H,22,23)(H,25,26). The molecule has 1 aliphatic carbocycles. The Morgan fingerprint density at radius 1 is 1.35 bits per heavy atom. The molecule has 136 valence electrons. The molecule has 0 radical (unpaired) electrons. The van der Waals surface area contributed by atoms with E-state index in [-0.39, 0.29) is 5.56 Å². The molecular formula is C19H23N5O2. The lowest BCUT2D eigenvalue weighted by molar-refractivity contribution is 0.0697. The molecule has 1 fully saturated rings. The second-order valence-electron chi connectivity index (χ2n) is 6.55. The monoisotopic (exact) mass is 353 g/mol. The minimum absolute atomic E-state index is 0.167. The first-order valence-corrected chi connectivity index (χ1v) is 8.49. The van der Waals surface area contributed by atoms with Crippen LogP contribution in [0.25, 0.3) is 5.70 Å². The zero-order valence-electron chi connectivity index (χ0n) is 14.6. The number of rotatable bonds is 7. The van der Waals surface area contributed by atoms with Gasteiger partial charge >= 0.3 is 5.97 Å². The van der Waals surface area contributed by atoms with Gasteiger partial charge in [-0.25, -0.2) is 15.6 Å². The minimum atomic E-state index is -1.00. The van der Waals surface area contributed by atoms with E-state index < -0.39 is 5.97 Å². The fraction of sp³-hybridized carbons (Fsp3) is 0.263. The van der Waals surface area contributed by atoms with Crippen molar-refractivity contribution in [2.45, 2.75) is 19.8 Å². The summed E-state index contributed by atoms with van der Waals surface area (Å²) in [6, 6.07) is 8.53. The fourth-order valence-electron chi connectivity index (χ4n) is 2.55. The number of nitrogens with zero attached hydrogens (tertiary/aromatic N) is 2. The second kappa shape index (κ2) is 7.45. The van der Waals surface area contributed by atoms with Gasteiger partial charge in [-0.3, -0.25) is 5.01 Å². The van der Waals surface area contributed by atoms with Gasteiger partial charge in [-0.15, -0.1) is 0 Å². The number of nitrogens with two attached hydrogens (primary N) is 2. The molecule has 0 bridgehead atoms. The van der Waals surface area contributed by atoms with Crippen molar-refractivity contribution in [1.82, 2.24) is 4.98 Å². The Balaban J connectivity index is 1.73. The lowest BCUT2D eigenvalue weighted by Crippen LogP contribution is -2.26. The third-order valence-electron chi connectivity index (χ3n) is 4.38. The van der Waals surface area contributed by atoms with Crippen LogP contribution in [-0.2, 0) is 0 Å². The fourth-order valence-corrected chi connectivity index (χ4v) is 2.55. The maximum Gasteiger partial charge on any atom is 0.335 e. The Morgan fingerprint density at radius 2 is 2.08 bits per heavy atom. The average molecular weight is 353 g/mol. The predicted octanol–water partition coefficient (Wildman–Crippen LogP) is 2.55. The number of carbonyl (C=O) groups is 1. The number of hydrazine groups is 1. The van der Waals surface area contributed by atoms with Crippen LogP contribution in [-0.4, -0.2) is 22.6 Å². The van der Waals surface area contributed by atoms with Crippen LogP contribution in [0, 0.1) is 12.8 Å². The third-order valence-corrected chi connectivity index (χ3v) is 4.38. The van der Waals surface area contributed by atoms with E-state index in [0.717, 1.165) is 29.4 Å². The molecule has 1 heterocycles. The van der Waals surface area contributed by atoms with Gasteiger partial charge in [-0.1, -0.05) is 6.07 Å². The van der Waals surface area contributed by atoms with Crippen molar-refractivity contribution in [1.29, 1.82) is 0 Å². The highest BCUT2D eigenvalue weighted by molar-refractivity contribution is 5.89. The molecule has 2 aromatic rings. The quantitative estimate of drug-likeness (QED) is 0.446. The number of nitrogens with one attached hydrogen (secondary N) is 1. The number of pyridine rings is 1. The van der Waals surface area contributed by atoms with Crippen LogP contribution >= 0.6 is 0 Å². The number of benzene rings is 1. The molecule has 26 heavy (non-hydrogen) atoms. The van der Waals surface area contributed by atoms with E-state index in [1.807, 2.05) is 19.1 Å². The van der Waals surface area contributed by atoms with Crippen molar-refractivity contribution >= 4 is 23.2 Å². The highest BCUT2D eigenvalue weighted by Crippen LogP contribution is 2.28. The lowest BCUT2D eigenvalue weighted by atomic mass is 10.1. The van der Waals surface area contributed by atoms with Crippen molar-refractivity contribution < 1.29 is 9.90 Å². The van der Waals surface area contributed by atoms with Crippen molar-refractivity contribution in [3.8, 4) is 0 Å². The number of aromatic nitrogens is 1. The van der Waals surface area contributed by atoms with Gasteiger partial charge < -0.3 is 16.2 Å². The van der Waals surface area contributed by atoms with E-state index in [9.17, 15) is 4.79 Å². The molecule has 7 nitrogen and oxygen atoms in total. The number of hydrogen-bond donors (Lipinski definition) is 4. The Hall–Kier alpha value is -3.06. The van der Waals surface area contributed by atoms with Crippen molar-refractivity contribution in [2.24, 2.45) is 17.5 Å². The normalized spacial score (nSPS) is 14.2. The molecule has 1 saturated carbocycles. The zero-order chi connectivity index (χ0) is 18.7. The number of aromatic carboxylic acids is 1. The maximum absolute atomic E-state index is 11.1. The van der Waals surface area contributed by atoms with Crippen LogP contribution in [0.3, 0.4) is 0 Å². The van der Waals surface area contributed by atoms with Crippen LogP contribution in [0.15, 0.2) is 42.7 Å². The van der Waals surface area contributed by atoms with Gasteiger partial charge in [0.25, 0.3) is 0 Å². The van der Waals surface area contributed by atoms with Gasteiger partial charge in [0.1, 0.15) is 5.82 Å². The topological polar surface area (TPSA) is 118 Å². The highest BCUT2D eigenvalue weighted by Gasteiger charge is 2.20. The van der Waals surface area contributed by atoms with Gasteiger partial charge in [0, 0.05) is 24.5 Å². The molecule has 3 rings (SSSR count). The summed E-state index contributed by atoms with van der Waals surface area (Å²) in [6.07, 6.45) is 5.82. The van der Waals surface area contributed by atoms with Crippen LogP contribution in [0.4, 0.5) is 11.5 Å². The number of hydrogen-bond acceptors (Lipinski definition) is 6. The van der Waals surface area contributed by atoms with Gasteiger partial charge in [-0.05, 0) is 55.5 Å². The summed E-state index contributed by atoms with van der Waals surface area (Å²) in [5, 5.41) is 13.8. The number of aryl methyl sites for hydroxylation is 1. The molecule has 0 saturated heterocycles. The molecule has 0 aliphatic heterocycles. The molecular weight excluding hydrogens is 330 g/mol. The summed E-state index contributed by atoms with van der Waals surface area (Å²) in [6.45, 7) is 2.81. The van der Waals surface area contributed by atoms with E-state index >= 15 is 0 Å². The molecule has 7 heteroatoms. The molecule has 0 spiro atoms. The summed E-state index contributed by atoms with van der Waals surface area (Å²) < 4.78 is 0. The number of carboxylic acids is 1. The van der Waals surface area contributed by atoms with Gasteiger partial charge in [-0.2, -0.15) is 0 Å². The highest BCUT2D eigenvalue weighted by atomic mass is 16.4. The van der Waals surface area contributed by atoms with Crippen molar-refractivity contribution in [3.05, 3.63) is 59.4 Å². The molecule has 6 N–H and O–H groups in total. The van der Waals surface area contributed by atoms with Crippen LogP contribution in [0.5, 0.6) is 0 Å². The van der Waals surface area contributed by atoms with Crippen molar-refractivity contribution in [2.75, 3.05) is 16.9 Å². The second-order valence-corrected chi connectivity index (χ2v) is 6.55. The van der Waals surface area contributed by atoms with Crippen LogP contribution in [0.1, 0.15) is 34.3 Å². The Morgan fingerprint density at radius 3 is 2.69 bits per heavy atom. The largest absolute Gasteiger partial charge is 0.478 e. The maximum atomic E-state index is 11.1. The SMILES string of the molecule is Cc1ccc(C(=O)O)cc1N(N)C=C(N)c1ccc(NCC2CC2)nc1. The van der Waals surface area contributed by atoms with E-state index in [0.29, 0.717) is 11.4 Å². The first-order chi connectivity index (χ1) is 12.4. The summed E-state index contributed by atoms with van der Waals surface area (Å²) in [4.78, 5) is 15.5.